The summed E-state index contributed by atoms with van der Waals surface area (Å²) in [5, 5.41) is 44.8. The van der Waals surface area contributed by atoms with Crippen LogP contribution in [0.5, 0.6) is 0 Å². The normalized spacial score (nSPS) is 13.9. The monoisotopic (exact) mass is 959 g/mol. The maximum Gasteiger partial charge on any atom is 0.377 e. The molecule has 3 aromatic carbocycles. The van der Waals surface area contributed by atoms with Crippen molar-refractivity contribution < 1.29 is 33.1 Å². The average molecular weight is 960 g/mol. The highest BCUT2D eigenvalue weighted by Crippen LogP contribution is 2.29. The van der Waals surface area contributed by atoms with Crippen LogP contribution in [-0.4, -0.2) is 152 Å². The summed E-state index contributed by atoms with van der Waals surface area (Å²) in [6, 6.07) is 21.9. The topological polar surface area (TPSA) is 288 Å². The van der Waals surface area contributed by atoms with Crippen LogP contribution < -0.4 is 5.32 Å². The molecule has 2 saturated heterocycles. The van der Waals surface area contributed by atoms with E-state index in [4.69, 9.17) is 15.6 Å². The number of nitrogens with one attached hydrogen (secondary N) is 3. The number of carboxylic acid groups (broad SMARTS) is 1. The summed E-state index contributed by atoms with van der Waals surface area (Å²) in [5.41, 5.74) is 2.51. The number of amides is 1. The number of ketones is 2. The van der Waals surface area contributed by atoms with Crippen molar-refractivity contribution in [3.05, 3.63) is 150 Å². The number of piperazine rings is 2. The number of Topliss-reactive ketones (excluding diaryl/α,β-unsaturated/α-hetero) is 2. The van der Waals surface area contributed by atoms with Crippen LogP contribution in [0.3, 0.4) is 0 Å². The fourth-order valence-electron chi connectivity index (χ4n) is 7.94. The number of aliphatic carboxylic acids is 1. The third-order valence-corrected chi connectivity index (χ3v) is 11.3. The average Bonchev–Trinajstić information content (AvgIpc) is 4.27. The lowest BCUT2D eigenvalue weighted by molar-refractivity contribution is -0.131. The maximum absolute atomic E-state index is 14.8. The van der Waals surface area contributed by atoms with Gasteiger partial charge in [-0.1, -0.05) is 71.1 Å². The first-order chi connectivity index (χ1) is 34.6. The molecule has 2 aliphatic heterocycles. The molecular weight excluding hydrogens is 921 g/mol. The summed E-state index contributed by atoms with van der Waals surface area (Å²) in [6.45, 7) is 4.99. The molecule has 0 radical (unpaired) electrons. The summed E-state index contributed by atoms with van der Waals surface area (Å²) < 4.78 is 31.3. The van der Waals surface area contributed by atoms with E-state index in [1.165, 1.54) is 51.2 Å². The number of hydrogen-bond acceptors (Lipinski definition) is 14. The zero-order chi connectivity index (χ0) is 49.9. The molecule has 356 valence electrons. The molecule has 7 heterocycles. The predicted molar refractivity (Wildman–Crippen MR) is 250 cm³/mol. The van der Waals surface area contributed by atoms with E-state index >= 15 is 0 Å². The zero-order valence-corrected chi connectivity index (χ0v) is 37.2. The molecule has 2 aliphatic rings. The molecule has 71 heavy (non-hydrogen) atoms. The van der Waals surface area contributed by atoms with Gasteiger partial charge in [0.2, 0.25) is 12.4 Å². The quantitative estimate of drug-likeness (QED) is 0.0557. The number of aromatic nitrogens is 9. The van der Waals surface area contributed by atoms with Gasteiger partial charge in [0, 0.05) is 81.3 Å². The number of H-pyrrole nitrogens is 2. The van der Waals surface area contributed by atoms with Gasteiger partial charge < -0.3 is 35.1 Å². The van der Waals surface area contributed by atoms with Crippen LogP contribution in [0, 0.1) is 34.5 Å². The van der Waals surface area contributed by atoms with E-state index in [-0.39, 0.29) is 46.3 Å². The summed E-state index contributed by atoms with van der Waals surface area (Å²) in [7, 11) is 0. The van der Waals surface area contributed by atoms with Crippen LogP contribution in [-0.2, 0) is 9.59 Å². The molecule has 0 spiro atoms. The highest BCUT2D eigenvalue weighted by Gasteiger charge is 2.31. The number of nitriles is 2. The fourth-order valence-corrected chi connectivity index (χ4v) is 7.94. The van der Waals surface area contributed by atoms with E-state index in [1.54, 1.807) is 6.20 Å². The molecule has 5 aromatic heterocycles. The number of aromatic amines is 2. The molecule has 8 aromatic rings. The number of rotatable bonds is 8. The van der Waals surface area contributed by atoms with Crippen LogP contribution in [0.25, 0.3) is 33.3 Å². The number of fused-ring (bicyclic) bond motifs is 2. The van der Waals surface area contributed by atoms with Crippen molar-refractivity contribution in [2.75, 3.05) is 52.4 Å². The number of aliphatic imine (C=N–C) groups is 2. The molecule has 4 N–H and O–H groups in total. The van der Waals surface area contributed by atoms with Gasteiger partial charge in [0.25, 0.3) is 17.5 Å². The second kappa shape index (κ2) is 21.9. The molecule has 0 unspecified atom stereocenters. The van der Waals surface area contributed by atoms with E-state index in [0.717, 1.165) is 55.5 Å². The van der Waals surface area contributed by atoms with Gasteiger partial charge in [0.1, 0.15) is 17.5 Å². The van der Waals surface area contributed by atoms with Crippen molar-refractivity contribution in [1.29, 1.82) is 10.5 Å². The van der Waals surface area contributed by atoms with Crippen LogP contribution >= 0.6 is 0 Å². The number of pyridine rings is 1. The minimum Gasteiger partial charge on any atom is -0.475 e. The van der Waals surface area contributed by atoms with Crippen molar-refractivity contribution in [2.24, 2.45) is 9.98 Å². The number of hydrogen-bond donors (Lipinski definition) is 4. The van der Waals surface area contributed by atoms with Crippen LogP contribution in [0.4, 0.5) is 8.78 Å². The second-order valence-corrected chi connectivity index (χ2v) is 15.4. The molecule has 0 atom stereocenters. The number of carbonyl (C=O) groups is 4. The summed E-state index contributed by atoms with van der Waals surface area (Å²) in [6.07, 6.45) is 13.1. The molecule has 0 aliphatic carbocycles. The molecule has 0 bridgehead atoms. The third kappa shape index (κ3) is 10.4. The van der Waals surface area contributed by atoms with E-state index in [1.807, 2.05) is 77.9 Å². The van der Waals surface area contributed by atoms with Gasteiger partial charge in [-0.3, -0.25) is 14.4 Å². The van der Waals surface area contributed by atoms with E-state index < -0.39 is 35.1 Å². The highest BCUT2D eigenvalue weighted by atomic mass is 19.1. The van der Waals surface area contributed by atoms with Crippen molar-refractivity contribution in [3.63, 3.8) is 0 Å². The van der Waals surface area contributed by atoms with Gasteiger partial charge in [-0.2, -0.15) is 20.5 Å². The SMILES string of the molecule is N#CN=C(c1ccccc1)N1CCN(C(=O)C(=O)c2c[nH]c3c(-n4ccnn4)ccc(F)c23)CC1.N#CN=C(c1ccccc1)N1CCNCC1.O=C(O)C(=O)c1c[nH]c2c(-n3ccnn3)ncc(F)c12. The summed E-state index contributed by atoms with van der Waals surface area (Å²) >= 11 is 0. The predicted octanol–water partition coefficient (Wildman–Crippen LogP) is 3.51. The molecular formula is C47H39F2N17O5. The standard InChI is InChI=1S/C24H19FN8O2.C12H14N4.C11H6FN5O3/c25-18-6-7-19(33-9-8-29-30-33)21-20(18)17(14-27-21)22(34)24(35)32-12-10-31(11-13-32)23(28-15-26)16-4-2-1-3-5-16;13-10-15-12(11-4-2-1-3-5-11)16-8-6-14-7-9-16;12-6-4-14-10(17-2-1-15-16-17)8-7(6)5(3-13-8)9(18)11(19)20/h1-9,14,27H,10-13H2;1-5,14H,6-9H2;1-4,13H,(H,19,20). The molecule has 10 rings (SSSR count). The largest absolute Gasteiger partial charge is 0.475 e. The third-order valence-electron chi connectivity index (χ3n) is 11.3. The summed E-state index contributed by atoms with van der Waals surface area (Å²) in [5.74, 6) is -4.28. The molecule has 1 amide bonds. The number of nitrogens with zero attached hydrogens (tertiary/aromatic N) is 14. The number of halogens is 2. The van der Waals surface area contributed by atoms with Crippen molar-refractivity contribution in [3.8, 4) is 23.9 Å². The molecule has 0 saturated carbocycles. The molecule has 22 nitrogen and oxygen atoms in total. The number of amidine groups is 2. The lowest BCUT2D eigenvalue weighted by atomic mass is 10.1. The Balaban J connectivity index is 0.000000158. The lowest BCUT2D eigenvalue weighted by Gasteiger charge is -2.35. The first kappa shape index (κ1) is 47.7. The van der Waals surface area contributed by atoms with Crippen molar-refractivity contribution >= 4 is 56.9 Å². The minimum atomic E-state index is -1.66. The zero-order valence-electron chi connectivity index (χ0n) is 37.2. The summed E-state index contributed by atoms with van der Waals surface area (Å²) in [4.78, 5) is 71.2. The van der Waals surface area contributed by atoms with Gasteiger partial charge >= 0.3 is 5.97 Å². The number of carboxylic acids is 1. The fraction of sp³-hybridized carbons (Fsp3) is 0.170. The molecule has 24 heteroatoms. The Hall–Kier alpha value is -9.81. The Morgan fingerprint density at radius 2 is 1.15 bits per heavy atom. The van der Waals surface area contributed by atoms with E-state index in [2.05, 4.69) is 55.8 Å². The number of benzene rings is 3. The maximum atomic E-state index is 14.8. The minimum absolute atomic E-state index is 0.0301. The Labute approximate surface area is 400 Å². The van der Waals surface area contributed by atoms with Crippen LogP contribution in [0.1, 0.15) is 31.8 Å². The van der Waals surface area contributed by atoms with E-state index in [9.17, 15) is 28.0 Å². The Kier molecular flexibility index (Phi) is 14.7. The number of carbonyl (C=O) groups excluding carboxylic acids is 3. The van der Waals surface area contributed by atoms with Crippen LogP contribution in [0.2, 0.25) is 0 Å². The van der Waals surface area contributed by atoms with E-state index in [0.29, 0.717) is 30.1 Å². The van der Waals surface area contributed by atoms with Crippen molar-refractivity contribution in [1.82, 2.24) is 65.0 Å². The van der Waals surface area contributed by atoms with Gasteiger partial charge in [-0.05, 0) is 12.1 Å². The lowest BCUT2D eigenvalue weighted by Crippen LogP contribution is -2.52. The first-order valence-electron chi connectivity index (χ1n) is 21.6. The van der Waals surface area contributed by atoms with Crippen LogP contribution in [0.15, 0.2) is 126 Å². The first-order valence-corrected chi connectivity index (χ1v) is 21.6. The van der Waals surface area contributed by atoms with Crippen molar-refractivity contribution in [2.45, 2.75) is 0 Å². The Morgan fingerprint density at radius 3 is 1.70 bits per heavy atom. The Morgan fingerprint density at radius 1 is 0.634 bits per heavy atom. The second-order valence-electron chi connectivity index (χ2n) is 15.4. The molecule has 2 fully saturated rings. The van der Waals surface area contributed by atoms with Gasteiger partial charge in [-0.25, -0.2) is 27.9 Å². The Bertz CT molecular complexity index is 3350. The van der Waals surface area contributed by atoms with Gasteiger partial charge in [-0.15, -0.1) is 10.2 Å². The highest BCUT2D eigenvalue weighted by molar-refractivity contribution is 6.45. The van der Waals surface area contributed by atoms with Gasteiger partial charge in [0.15, 0.2) is 11.6 Å². The van der Waals surface area contributed by atoms with Gasteiger partial charge in [0.05, 0.1) is 64.2 Å². The smallest absolute Gasteiger partial charge is 0.377 e.